The van der Waals surface area contributed by atoms with E-state index in [-0.39, 0.29) is 12.7 Å². The fraction of sp³-hybridized carbons (Fsp3) is 0.800. The molecule has 1 saturated carbocycles. The van der Waals surface area contributed by atoms with Crippen LogP contribution in [0.1, 0.15) is 32.1 Å². The third-order valence-electron chi connectivity index (χ3n) is 2.57. The molecule has 0 saturated heterocycles. The van der Waals surface area contributed by atoms with Crippen LogP contribution >= 0.6 is 0 Å². The van der Waals surface area contributed by atoms with Crippen LogP contribution in [0.5, 0.6) is 0 Å². The third-order valence-corrected chi connectivity index (χ3v) is 2.57. The molecule has 1 unspecified atom stereocenters. The van der Waals surface area contributed by atoms with E-state index >= 15 is 0 Å². The van der Waals surface area contributed by atoms with Crippen molar-refractivity contribution in [3.8, 4) is 0 Å². The Morgan fingerprint density at radius 2 is 1.92 bits per heavy atom. The summed E-state index contributed by atoms with van der Waals surface area (Å²) < 4.78 is 0. The van der Waals surface area contributed by atoms with Crippen LogP contribution in [0.2, 0.25) is 0 Å². The molecule has 0 amide bonds. The normalized spacial score (nSPS) is 23.2. The number of hydrogen-bond donors (Lipinski definition) is 2. The lowest BCUT2D eigenvalue weighted by Crippen LogP contribution is -2.20. The number of aliphatic hydroxyl groups is 2. The summed E-state index contributed by atoms with van der Waals surface area (Å²) in [7, 11) is 0. The van der Waals surface area contributed by atoms with Crippen molar-refractivity contribution in [2.24, 2.45) is 5.92 Å². The van der Waals surface area contributed by atoms with Crippen molar-refractivity contribution >= 4 is 0 Å². The molecule has 1 aliphatic rings. The first-order valence-corrected chi connectivity index (χ1v) is 4.80. The topological polar surface area (TPSA) is 40.5 Å². The lowest BCUT2D eigenvalue weighted by Gasteiger charge is -2.24. The summed E-state index contributed by atoms with van der Waals surface area (Å²) in [6.45, 7) is 0.0315. The minimum atomic E-state index is -0.336. The highest BCUT2D eigenvalue weighted by Gasteiger charge is 2.18. The van der Waals surface area contributed by atoms with Crippen LogP contribution in [0, 0.1) is 5.92 Å². The molecule has 0 aromatic heterocycles. The standard InChI is InChI=1S/C10H18O2/c11-8-4-7-10(12)9-5-2-1-3-6-9/h4,7,9-12H,1-3,5-6,8H2/b7-4+. The van der Waals surface area contributed by atoms with Crippen LogP contribution in [0.3, 0.4) is 0 Å². The van der Waals surface area contributed by atoms with Gasteiger partial charge in [-0.25, -0.2) is 0 Å². The largest absolute Gasteiger partial charge is 0.392 e. The highest BCUT2D eigenvalue weighted by molar-refractivity contribution is 4.92. The smallest absolute Gasteiger partial charge is 0.0749 e. The molecule has 1 rings (SSSR count). The molecule has 0 spiro atoms. The van der Waals surface area contributed by atoms with Crippen LogP contribution in [0.4, 0.5) is 0 Å². The minimum absolute atomic E-state index is 0.0315. The van der Waals surface area contributed by atoms with Gasteiger partial charge in [0.2, 0.25) is 0 Å². The SMILES string of the molecule is OC/C=C/C(O)C1CCCCC1. The van der Waals surface area contributed by atoms with Gasteiger partial charge < -0.3 is 10.2 Å². The van der Waals surface area contributed by atoms with Gasteiger partial charge in [0.05, 0.1) is 12.7 Å². The van der Waals surface area contributed by atoms with E-state index in [0.29, 0.717) is 5.92 Å². The zero-order valence-corrected chi connectivity index (χ0v) is 7.45. The third kappa shape index (κ3) is 2.95. The molecule has 0 aliphatic heterocycles. The Hall–Kier alpha value is -0.340. The van der Waals surface area contributed by atoms with Gasteiger partial charge in [-0.1, -0.05) is 31.4 Å². The second-order valence-electron chi connectivity index (χ2n) is 3.50. The molecule has 2 N–H and O–H groups in total. The minimum Gasteiger partial charge on any atom is -0.392 e. The highest BCUT2D eigenvalue weighted by atomic mass is 16.3. The van der Waals surface area contributed by atoms with Gasteiger partial charge in [0.15, 0.2) is 0 Å². The Bertz CT molecular complexity index is 137. The van der Waals surface area contributed by atoms with Crippen molar-refractivity contribution in [3.05, 3.63) is 12.2 Å². The van der Waals surface area contributed by atoms with Crippen molar-refractivity contribution < 1.29 is 10.2 Å². The van der Waals surface area contributed by atoms with Gasteiger partial charge in [0.1, 0.15) is 0 Å². The van der Waals surface area contributed by atoms with E-state index in [1.807, 2.05) is 0 Å². The van der Waals surface area contributed by atoms with Gasteiger partial charge in [-0.15, -0.1) is 0 Å². The monoisotopic (exact) mass is 170 g/mol. The Labute approximate surface area is 73.9 Å². The van der Waals surface area contributed by atoms with Crippen LogP contribution in [-0.4, -0.2) is 22.9 Å². The molecular formula is C10H18O2. The van der Waals surface area contributed by atoms with E-state index in [1.54, 1.807) is 12.2 Å². The Morgan fingerprint density at radius 3 is 2.50 bits per heavy atom. The van der Waals surface area contributed by atoms with Gasteiger partial charge in [-0.05, 0) is 18.8 Å². The molecule has 1 fully saturated rings. The molecule has 0 aromatic rings. The molecule has 70 valence electrons. The van der Waals surface area contributed by atoms with Gasteiger partial charge >= 0.3 is 0 Å². The van der Waals surface area contributed by atoms with Crippen molar-refractivity contribution in [1.29, 1.82) is 0 Å². The van der Waals surface area contributed by atoms with Crippen molar-refractivity contribution in [2.45, 2.75) is 38.2 Å². The number of hydrogen-bond acceptors (Lipinski definition) is 2. The maximum atomic E-state index is 9.61. The first-order valence-electron chi connectivity index (χ1n) is 4.80. The fourth-order valence-corrected chi connectivity index (χ4v) is 1.83. The van der Waals surface area contributed by atoms with Gasteiger partial charge in [0.25, 0.3) is 0 Å². The Morgan fingerprint density at radius 1 is 1.25 bits per heavy atom. The van der Waals surface area contributed by atoms with Crippen LogP contribution < -0.4 is 0 Å². The molecule has 0 bridgehead atoms. The zero-order valence-electron chi connectivity index (χ0n) is 7.45. The molecule has 0 radical (unpaired) electrons. The number of aliphatic hydroxyl groups excluding tert-OH is 2. The summed E-state index contributed by atoms with van der Waals surface area (Å²) in [4.78, 5) is 0. The molecule has 0 aromatic carbocycles. The van der Waals surface area contributed by atoms with Gasteiger partial charge in [-0.3, -0.25) is 0 Å². The molecule has 2 nitrogen and oxygen atoms in total. The molecule has 1 atom stereocenters. The van der Waals surface area contributed by atoms with E-state index in [9.17, 15) is 5.11 Å². The van der Waals surface area contributed by atoms with E-state index in [1.165, 1.54) is 19.3 Å². The first-order chi connectivity index (χ1) is 5.84. The van der Waals surface area contributed by atoms with Crippen LogP contribution in [0.25, 0.3) is 0 Å². The van der Waals surface area contributed by atoms with Gasteiger partial charge in [0, 0.05) is 0 Å². The lowest BCUT2D eigenvalue weighted by atomic mass is 9.85. The fourth-order valence-electron chi connectivity index (χ4n) is 1.83. The van der Waals surface area contributed by atoms with Crippen molar-refractivity contribution in [2.75, 3.05) is 6.61 Å². The summed E-state index contributed by atoms with van der Waals surface area (Å²) in [5.74, 6) is 0.432. The van der Waals surface area contributed by atoms with E-state index in [0.717, 1.165) is 12.8 Å². The first kappa shape index (κ1) is 9.75. The Kier molecular flexibility index (Phi) is 4.33. The van der Waals surface area contributed by atoms with Crippen LogP contribution in [0.15, 0.2) is 12.2 Å². The average Bonchev–Trinajstić information content (AvgIpc) is 2.15. The predicted molar refractivity (Wildman–Crippen MR) is 48.8 cm³/mol. The summed E-state index contributed by atoms with van der Waals surface area (Å²) in [5.41, 5.74) is 0. The maximum Gasteiger partial charge on any atom is 0.0749 e. The molecular weight excluding hydrogens is 152 g/mol. The quantitative estimate of drug-likeness (QED) is 0.630. The average molecular weight is 170 g/mol. The second kappa shape index (κ2) is 5.33. The Balaban J connectivity index is 2.29. The molecule has 0 heterocycles. The van der Waals surface area contributed by atoms with Crippen molar-refractivity contribution in [1.82, 2.24) is 0 Å². The second-order valence-corrected chi connectivity index (χ2v) is 3.50. The van der Waals surface area contributed by atoms with E-state index in [4.69, 9.17) is 5.11 Å². The predicted octanol–water partition coefficient (Wildman–Crippen LogP) is 1.48. The van der Waals surface area contributed by atoms with E-state index in [2.05, 4.69) is 0 Å². The summed E-state index contributed by atoms with van der Waals surface area (Å²) >= 11 is 0. The molecule has 2 heteroatoms. The number of rotatable bonds is 3. The highest BCUT2D eigenvalue weighted by Crippen LogP contribution is 2.26. The zero-order chi connectivity index (χ0) is 8.81. The summed E-state index contributed by atoms with van der Waals surface area (Å²) in [6, 6.07) is 0. The summed E-state index contributed by atoms with van der Waals surface area (Å²) in [6.07, 6.45) is 9.08. The molecule has 12 heavy (non-hydrogen) atoms. The van der Waals surface area contributed by atoms with Crippen molar-refractivity contribution in [3.63, 3.8) is 0 Å². The van der Waals surface area contributed by atoms with Gasteiger partial charge in [-0.2, -0.15) is 0 Å². The molecule has 1 aliphatic carbocycles. The van der Waals surface area contributed by atoms with E-state index < -0.39 is 0 Å². The lowest BCUT2D eigenvalue weighted by molar-refractivity contribution is 0.124. The van der Waals surface area contributed by atoms with Crippen LogP contribution in [-0.2, 0) is 0 Å². The summed E-state index contributed by atoms with van der Waals surface area (Å²) in [5, 5.41) is 18.1. The maximum absolute atomic E-state index is 9.61.